The zero-order chi connectivity index (χ0) is 6.85. The quantitative estimate of drug-likeness (QED) is 0.479. The van der Waals surface area contributed by atoms with Crippen molar-refractivity contribution in [1.82, 2.24) is 0 Å². The predicted molar refractivity (Wildman–Crippen MR) is 38.9 cm³/mol. The summed E-state index contributed by atoms with van der Waals surface area (Å²) in [5.74, 6) is 0. The lowest BCUT2D eigenvalue weighted by Crippen LogP contribution is -2.29. The van der Waals surface area contributed by atoms with Gasteiger partial charge in [0.2, 0.25) is 0 Å². The summed E-state index contributed by atoms with van der Waals surface area (Å²) in [7, 11) is 0. The van der Waals surface area contributed by atoms with Gasteiger partial charge >= 0.3 is 0 Å². The first-order chi connectivity index (χ1) is 4.18. The van der Waals surface area contributed by atoms with Gasteiger partial charge in [-0.25, -0.2) is 0 Å². The Bertz CT molecular complexity index is 69.9. The number of hydrogen-bond donors (Lipinski definition) is 0. The fraction of sp³-hybridized carbons (Fsp3) is 1.00. The van der Waals surface area contributed by atoms with Crippen molar-refractivity contribution in [3.63, 3.8) is 0 Å². The molecule has 1 rings (SSSR count). The van der Waals surface area contributed by atoms with Crippen LogP contribution in [0.25, 0.3) is 0 Å². The van der Waals surface area contributed by atoms with Gasteiger partial charge in [0.1, 0.15) is 0 Å². The van der Waals surface area contributed by atoms with Crippen molar-refractivity contribution in [2.24, 2.45) is 0 Å². The summed E-state index contributed by atoms with van der Waals surface area (Å²) in [6.45, 7) is 4.15. The minimum atomic E-state index is 0.337. The molecule has 0 amide bonds. The zero-order valence-corrected chi connectivity index (χ0v) is 6.69. The summed E-state index contributed by atoms with van der Waals surface area (Å²) in [6, 6.07) is 0. The van der Waals surface area contributed by atoms with Crippen molar-refractivity contribution in [2.75, 3.05) is 0 Å². The molecule has 0 N–H and O–H groups in total. The molecule has 0 aliphatic carbocycles. The molecule has 0 bridgehead atoms. The Labute approximate surface area is 61.3 Å². The predicted octanol–water partition coefficient (Wildman–Crippen LogP) is 2.18. The smallest absolute Gasteiger partial charge is 0.0564 e. The van der Waals surface area contributed by atoms with E-state index in [4.69, 9.17) is 16.3 Å². The van der Waals surface area contributed by atoms with Gasteiger partial charge in [0.05, 0.1) is 12.2 Å². The van der Waals surface area contributed by atoms with Gasteiger partial charge in [0.15, 0.2) is 0 Å². The second kappa shape index (κ2) is 2.89. The third-order valence-corrected chi connectivity index (χ3v) is 2.00. The fourth-order valence-electron chi connectivity index (χ4n) is 1.32. The van der Waals surface area contributed by atoms with Crippen LogP contribution in [0.4, 0.5) is 0 Å². The largest absolute Gasteiger partial charge is 0.375 e. The third-order valence-electron chi connectivity index (χ3n) is 1.64. The molecule has 0 unspecified atom stereocenters. The standard InChI is InChI=1S/C7H13ClO/c1-5-3-7(8)4-6(2)9-5/h5-7H,3-4H2,1-2H3/t5-,6-/m0/s1. The van der Waals surface area contributed by atoms with Gasteiger partial charge in [-0.3, -0.25) is 0 Å². The molecule has 2 atom stereocenters. The molecule has 1 aliphatic rings. The lowest BCUT2D eigenvalue weighted by molar-refractivity contribution is -0.0274. The Hall–Kier alpha value is 0.250. The molecule has 2 heteroatoms. The molecule has 1 nitrogen and oxygen atoms in total. The van der Waals surface area contributed by atoms with E-state index in [1.807, 2.05) is 0 Å². The summed E-state index contributed by atoms with van der Waals surface area (Å²) in [5, 5.41) is 0.337. The molecule has 0 spiro atoms. The zero-order valence-electron chi connectivity index (χ0n) is 5.93. The Kier molecular flexibility index (Phi) is 2.36. The summed E-state index contributed by atoms with van der Waals surface area (Å²) in [4.78, 5) is 0. The second-order valence-corrected chi connectivity index (χ2v) is 3.44. The monoisotopic (exact) mass is 148 g/mol. The van der Waals surface area contributed by atoms with E-state index < -0.39 is 0 Å². The molecule has 0 aromatic carbocycles. The second-order valence-electron chi connectivity index (χ2n) is 2.83. The van der Waals surface area contributed by atoms with Gasteiger partial charge in [-0.05, 0) is 26.7 Å². The van der Waals surface area contributed by atoms with E-state index in [1.54, 1.807) is 0 Å². The maximum Gasteiger partial charge on any atom is 0.0564 e. The van der Waals surface area contributed by atoms with Crippen LogP contribution in [0.15, 0.2) is 0 Å². The topological polar surface area (TPSA) is 9.23 Å². The number of hydrogen-bond acceptors (Lipinski definition) is 1. The van der Waals surface area contributed by atoms with Gasteiger partial charge < -0.3 is 4.74 Å². The van der Waals surface area contributed by atoms with Crippen molar-refractivity contribution in [3.05, 3.63) is 0 Å². The Balaban J connectivity index is 2.34. The fourth-order valence-corrected chi connectivity index (χ4v) is 1.83. The van der Waals surface area contributed by atoms with Gasteiger partial charge in [0.25, 0.3) is 0 Å². The number of rotatable bonds is 0. The van der Waals surface area contributed by atoms with Crippen LogP contribution >= 0.6 is 11.6 Å². The number of ether oxygens (including phenoxy) is 1. The Morgan fingerprint density at radius 2 is 1.67 bits per heavy atom. The van der Waals surface area contributed by atoms with Crippen LogP contribution in [0, 0.1) is 0 Å². The summed E-state index contributed by atoms with van der Waals surface area (Å²) in [5.41, 5.74) is 0. The first-order valence-electron chi connectivity index (χ1n) is 3.48. The number of halogens is 1. The SMILES string of the molecule is C[C@H]1CC(Cl)C[C@H](C)O1. The van der Waals surface area contributed by atoms with Gasteiger partial charge in [-0.1, -0.05) is 0 Å². The highest BCUT2D eigenvalue weighted by Crippen LogP contribution is 2.22. The van der Waals surface area contributed by atoms with Crippen molar-refractivity contribution in [2.45, 2.75) is 44.3 Å². The van der Waals surface area contributed by atoms with Crippen LogP contribution < -0.4 is 0 Å². The molecule has 1 saturated heterocycles. The molecule has 1 aliphatic heterocycles. The van der Waals surface area contributed by atoms with Crippen molar-refractivity contribution in [1.29, 1.82) is 0 Å². The molecule has 54 valence electrons. The Morgan fingerprint density at radius 3 is 2.00 bits per heavy atom. The van der Waals surface area contributed by atoms with E-state index in [9.17, 15) is 0 Å². The van der Waals surface area contributed by atoms with Crippen LogP contribution in [0.3, 0.4) is 0 Å². The van der Waals surface area contributed by atoms with Crippen LogP contribution in [0.2, 0.25) is 0 Å². The van der Waals surface area contributed by atoms with Crippen molar-refractivity contribution in [3.8, 4) is 0 Å². The molecular weight excluding hydrogens is 136 g/mol. The van der Waals surface area contributed by atoms with Crippen LogP contribution in [-0.2, 0) is 4.74 Å². The molecular formula is C7H13ClO. The third kappa shape index (κ3) is 2.15. The van der Waals surface area contributed by atoms with Gasteiger partial charge in [0, 0.05) is 5.38 Å². The Morgan fingerprint density at radius 1 is 1.22 bits per heavy atom. The lowest BCUT2D eigenvalue weighted by Gasteiger charge is -2.28. The molecule has 0 aromatic heterocycles. The molecule has 0 aromatic rings. The van der Waals surface area contributed by atoms with Crippen molar-refractivity contribution < 1.29 is 4.74 Å². The van der Waals surface area contributed by atoms with E-state index in [2.05, 4.69) is 13.8 Å². The molecule has 1 fully saturated rings. The van der Waals surface area contributed by atoms with Crippen LogP contribution in [0.1, 0.15) is 26.7 Å². The molecule has 9 heavy (non-hydrogen) atoms. The van der Waals surface area contributed by atoms with E-state index >= 15 is 0 Å². The molecule has 1 heterocycles. The van der Waals surface area contributed by atoms with Gasteiger partial charge in [-0.15, -0.1) is 11.6 Å². The highest BCUT2D eigenvalue weighted by molar-refractivity contribution is 6.20. The van der Waals surface area contributed by atoms with E-state index in [-0.39, 0.29) is 0 Å². The lowest BCUT2D eigenvalue weighted by atomic mass is 10.1. The summed E-state index contributed by atoms with van der Waals surface area (Å²) >= 11 is 5.93. The minimum absolute atomic E-state index is 0.337. The minimum Gasteiger partial charge on any atom is -0.375 e. The van der Waals surface area contributed by atoms with E-state index in [0.717, 1.165) is 12.8 Å². The number of alkyl halides is 1. The maximum atomic E-state index is 5.93. The summed E-state index contributed by atoms with van der Waals surface area (Å²) in [6.07, 6.45) is 2.73. The average Bonchev–Trinajstić information content (AvgIpc) is 1.59. The first-order valence-corrected chi connectivity index (χ1v) is 3.91. The van der Waals surface area contributed by atoms with E-state index in [1.165, 1.54) is 0 Å². The van der Waals surface area contributed by atoms with Crippen molar-refractivity contribution >= 4 is 11.6 Å². The highest BCUT2D eigenvalue weighted by atomic mass is 35.5. The summed E-state index contributed by atoms with van der Waals surface area (Å²) < 4.78 is 5.47. The first kappa shape index (κ1) is 7.36. The van der Waals surface area contributed by atoms with E-state index in [0.29, 0.717) is 17.6 Å². The van der Waals surface area contributed by atoms with Crippen LogP contribution in [-0.4, -0.2) is 17.6 Å². The molecule has 0 radical (unpaired) electrons. The normalized spacial score (nSPS) is 45.0. The molecule has 0 saturated carbocycles. The highest BCUT2D eigenvalue weighted by Gasteiger charge is 2.21. The maximum absolute atomic E-state index is 5.93. The van der Waals surface area contributed by atoms with Crippen LogP contribution in [0.5, 0.6) is 0 Å². The van der Waals surface area contributed by atoms with Gasteiger partial charge in [-0.2, -0.15) is 0 Å². The average molecular weight is 149 g/mol.